The standard InChI is InChI=1S/C8H12O2SSi/c1-12(2)8-5-3-7(4-6-8)11(9)10/h3,5-6,12H,4H2,1-2H3. The van der Waals surface area contributed by atoms with Gasteiger partial charge in [0.15, 0.2) is 0 Å². The highest BCUT2D eigenvalue weighted by Crippen LogP contribution is 2.10. The second kappa shape index (κ2) is 3.87. The maximum absolute atomic E-state index is 10.5. The van der Waals surface area contributed by atoms with Crippen LogP contribution in [0.1, 0.15) is 6.42 Å². The molecule has 2 nitrogen and oxygen atoms in total. The molecule has 0 radical (unpaired) electrons. The van der Waals surface area contributed by atoms with E-state index in [4.69, 9.17) is 0 Å². The normalized spacial score (nSPS) is 16.6. The summed E-state index contributed by atoms with van der Waals surface area (Å²) in [5.41, 5.74) is 0. The summed E-state index contributed by atoms with van der Waals surface area (Å²) in [5, 5.41) is 1.35. The van der Waals surface area contributed by atoms with Crippen molar-refractivity contribution in [2.24, 2.45) is 0 Å². The van der Waals surface area contributed by atoms with Crippen LogP contribution in [0.2, 0.25) is 13.1 Å². The van der Waals surface area contributed by atoms with Gasteiger partial charge in [0, 0.05) is 6.42 Å². The lowest BCUT2D eigenvalue weighted by Crippen LogP contribution is -2.08. The van der Waals surface area contributed by atoms with Crippen LogP contribution in [-0.4, -0.2) is 22.1 Å². The third kappa shape index (κ3) is 2.18. The predicted octanol–water partition coefficient (Wildman–Crippen LogP) is 0.950. The SMILES string of the molecule is C[SiH](C)C1=CCC(=S(=O)=O)C=C1. The van der Waals surface area contributed by atoms with E-state index in [1.54, 1.807) is 6.08 Å². The highest BCUT2D eigenvalue weighted by Gasteiger charge is 2.06. The Bertz CT molecular complexity index is 350. The lowest BCUT2D eigenvalue weighted by atomic mass is 10.2. The van der Waals surface area contributed by atoms with Crippen LogP contribution in [0.15, 0.2) is 23.4 Å². The maximum atomic E-state index is 10.5. The zero-order chi connectivity index (χ0) is 9.14. The van der Waals surface area contributed by atoms with Crippen LogP contribution in [0.5, 0.6) is 0 Å². The average molecular weight is 200 g/mol. The Morgan fingerprint density at radius 1 is 1.33 bits per heavy atom. The molecule has 0 bridgehead atoms. The summed E-state index contributed by atoms with van der Waals surface area (Å²) in [5.74, 6) is 0. The van der Waals surface area contributed by atoms with Crippen molar-refractivity contribution >= 4 is 24.0 Å². The van der Waals surface area contributed by atoms with Crippen LogP contribution in [0, 0.1) is 0 Å². The fraction of sp³-hybridized carbons (Fsp3) is 0.375. The monoisotopic (exact) mass is 200 g/mol. The molecule has 0 aliphatic heterocycles. The van der Waals surface area contributed by atoms with Gasteiger partial charge in [-0.1, -0.05) is 30.4 Å². The molecule has 1 rings (SSSR count). The number of hydrogen-bond acceptors (Lipinski definition) is 2. The average Bonchev–Trinajstić information content (AvgIpc) is 2.04. The minimum absolute atomic E-state index is 0.494. The van der Waals surface area contributed by atoms with Gasteiger partial charge in [-0.3, -0.25) is 0 Å². The molecule has 0 N–H and O–H groups in total. The predicted molar refractivity (Wildman–Crippen MR) is 54.6 cm³/mol. The Morgan fingerprint density at radius 3 is 2.33 bits per heavy atom. The van der Waals surface area contributed by atoms with Crippen LogP contribution in [-0.2, 0) is 10.3 Å². The van der Waals surface area contributed by atoms with Crippen molar-refractivity contribution in [2.45, 2.75) is 19.5 Å². The first-order valence-corrected chi connectivity index (χ1v) is 7.90. The van der Waals surface area contributed by atoms with Gasteiger partial charge in [-0.2, -0.15) is 8.42 Å². The molecule has 12 heavy (non-hydrogen) atoms. The van der Waals surface area contributed by atoms with Crippen LogP contribution in [0.25, 0.3) is 0 Å². The van der Waals surface area contributed by atoms with Crippen molar-refractivity contribution in [3.63, 3.8) is 0 Å². The molecule has 4 heteroatoms. The van der Waals surface area contributed by atoms with E-state index in [9.17, 15) is 8.42 Å². The number of allylic oxidation sites excluding steroid dienone is 4. The van der Waals surface area contributed by atoms with Crippen LogP contribution >= 0.6 is 0 Å². The lowest BCUT2D eigenvalue weighted by Gasteiger charge is -2.08. The van der Waals surface area contributed by atoms with Gasteiger partial charge < -0.3 is 0 Å². The van der Waals surface area contributed by atoms with Crippen molar-refractivity contribution in [3.05, 3.63) is 23.4 Å². The molecule has 1 aliphatic carbocycles. The van der Waals surface area contributed by atoms with Gasteiger partial charge in [0.1, 0.15) is 0 Å². The van der Waals surface area contributed by atoms with Gasteiger partial charge in [0.2, 0.25) is 10.3 Å². The van der Waals surface area contributed by atoms with Crippen molar-refractivity contribution in [2.75, 3.05) is 0 Å². The molecule has 0 aromatic heterocycles. The summed E-state index contributed by atoms with van der Waals surface area (Å²) in [4.78, 5) is 0.494. The fourth-order valence-corrected chi connectivity index (χ4v) is 2.56. The summed E-state index contributed by atoms with van der Waals surface area (Å²) < 4.78 is 21.0. The molecule has 0 saturated heterocycles. The summed E-state index contributed by atoms with van der Waals surface area (Å²) in [7, 11) is -2.78. The third-order valence-electron chi connectivity index (χ3n) is 1.88. The molecule has 66 valence electrons. The summed E-state index contributed by atoms with van der Waals surface area (Å²) in [6, 6.07) is 0. The smallest absolute Gasteiger partial charge is 0.184 e. The van der Waals surface area contributed by atoms with Crippen LogP contribution in [0.4, 0.5) is 0 Å². The first kappa shape index (κ1) is 9.47. The van der Waals surface area contributed by atoms with Crippen molar-refractivity contribution < 1.29 is 8.42 Å². The number of hydrogen-bond donors (Lipinski definition) is 0. The van der Waals surface area contributed by atoms with Gasteiger partial charge in [0.25, 0.3) is 0 Å². The first-order chi connectivity index (χ1) is 5.61. The summed E-state index contributed by atoms with van der Waals surface area (Å²) in [6.45, 7) is 4.46. The topological polar surface area (TPSA) is 34.1 Å². The van der Waals surface area contributed by atoms with Crippen LogP contribution in [0.3, 0.4) is 0 Å². The van der Waals surface area contributed by atoms with E-state index < -0.39 is 19.1 Å². The zero-order valence-corrected chi connectivity index (χ0v) is 9.21. The Labute approximate surface area is 75.7 Å². The molecule has 0 aromatic rings. The Kier molecular flexibility index (Phi) is 3.05. The lowest BCUT2D eigenvalue weighted by molar-refractivity contribution is 0.627. The molecule has 0 spiro atoms. The van der Waals surface area contributed by atoms with E-state index in [0.29, 0.717) is 11.3 Å². The summed E-state index contributed by atoms with van der Waals surface area (Å²) >= 11 is 0. The third-order valence-corrected chi connectivity index (χ3v) is 4.37. The van der Waals surface area contributed by atoms with Crippen LogP contribution < -0.4 is 0 Å². The van der Waals surface area contributed by atoms with E-state index in [0.717, 1.165) is 0 Å². The molecular formula is C8H12O2SSi. The summed E-state index contributed by atoms with van der Waals surface area (Å²) in [6.07, 6.45) is 6.26. The molecular weight excluding hydrogens is 188 g/mol. The molecule has 0 unspecified atom stereocenters. The molecule has 0 saturated carbocycles. The van der Waals surface area contributed by atoms with E-state index in [1.807, 2.05) is 12.2 Å². The Balaban J connectivity index is 2.89. The van der Waals surface area contributed by atoms with Gasteiger partial charge in [0.05, 0.1) is 13.7 Å². The van der Waals surface area contributed by atoms with Gasteiger partial charge in [-0.25, -0.2) is 0 Å². The van der Waals surface area contributed by atoms with Gasteiger partial charge in [-0.05, 0) is 6.08 Å². The second-order valence-corrected chi connectivity index (χ2v) is 7.07. The molecule has 0 fully saturated rings. The van der Waals surface area contributed by atoms with Crippen molar-refractivity contribution in [3.8, 4) is 0 Å². The number of rotatable bonds is 1. The highest BCUT2D eigenvalue weighted by molar-refractivity contribution is 7.73. The molecule has 0 atom stereocenters. The van der Waals surface area contributed by atoms with Crippen molar-refractivity contribution in [1.82, 2.24) is 0 Å². The van der Waals surface area contributed by atoms with Gasteiger partial charge in [-0.15, -0.1) is 0 Å². The molecule has 1 aliphatic rings. The van der Waals surface area contributed by atoms with E-state index in [2.05, 4.69) is 13.1 Å². The van der Waals surface area contributed by atoms with Crippen molar-refractivity contribution in [1.29, 1.82) is 0 Å². The van der Waals surface area contributed by atoms with E-state index >= 15 is 0 Å². The zero-order valence-electron chi connectivity index (χ0n) is 7.24. The highest BCUT2D eigenvalue weighted by atomic mass is 32.2. The van der Waals surface area contributed by atoms with E-state index in [1.165, 1.54) is 5.20 Å². The maximum Gasteiger partial charge on any atom is 0.217 e. The minimum atomic E-state index is -2.03. The second-order valence-electron chi connectivity index (χ2n) is 3.10. The Hall–Kier alpha value is -0.613. The minimum Gasteiger partial charge on any atom is -0.184 e. The molecule has 0 amide bonds. The van der Waals surface area contributed by atoms with Gasteiger partial charge >= 0.3 is 0 Å². The fourth-order valence-electron chi connectivity index (χ4n) is 1.10. The van der Waals surface area contributed by atoms with E-state index in [-0.39, 0.29) is 0 Å². The molecule has 0 aromatic carbocycles. The molecule has 0 heterocycles. The quantitative estimate of drug-likeness (QED) is 0.466. The Morgan fingerprint density at radius 2 is 2.00 bits per heavy atom. The first-order valence-electron chi connectivity index (χ1n) is 3.94. The largest absolute Gasteiger partial charge is 0.217 e.